The molecule has 1 aromatic heterocycles. The molecule has 0 saturated carbocycles. The van der Waals surface area contributed by atoms with E-state index in [1.807, 2.05) is 26.8 Å². The van der Waals surface area contributed by atoms with Crippen LogP contribution in [0.4, 0.5) is 4.39 Å². The van der Waals surface area contributed by atoms with E-state index < -0.39 is 23.2 Å². The molecule has 2 heterocycles. The molecule has 37 heavy (non-hydrogen) atoms. The van der Waals surface area contributed by atoms with E-state index in [1.54, 1.807) is 31.4 Å². The summed E-state index contributed by atoms with van der Waals surface area (Å²) in [5.41, 5.74) is 0.981. The lowest BCUT2D eigenvalue weighted by Gasteiger charge is -2.37. The van der Waals surface area contributed by atoms with E-state index in [9.17, 15) is 23.6 Å². The van der Waals surface area contributed by atoms with Crippen molar-refractivity contribution in [3.63, 3.8) is 0 Å². The van der Waals surface area contributed by atoms with E-state index >= 15 is 0 Å². The molecule has 0 radical (unpaired) electrons. The molecular formula is C28H30FN3O5. The van der Waals surface area contributed by atoms with Gasteiger partial charge in [-0.3, -0.25) is 23.9 Å². The van der Waals surface area contributed by atoms with Crippen LogP contribution in [-0.4, -0.2) is 39.8 Å². The van der Waals surface area contributed by atoms with Crippen molar-refractivity contribution in [2.24, 2.45) is 0 Å². The first-order chi connectivity index (χ1) is 17.5. The summed E-state index contributed by atoms with van der Waals surface area (Å²) < 4.78 is 21.2. The van der Waals surface area contributed by atoms with Gasteiger partial charge in [-0.1, -0.05) is 39.0 Å². The molecular weight excluding hydrogens is 477 g/mol. The van der Waals surface area contributed by atoms with Gasteiger partial charge in [-0.05, 0) is 52.3 Å². The van der Waals surface area contributed by atoms with Crippen LogP contribution in [0.15, 0.2) is 58.3 Å². The summed E-state index contributed by atoms with van der Waals surface area (Å²) in [7, 11) is 1.56. The average Bonchev–Trinajstić information content (AvgIpc) is 2.83. The summed E-state index contributed by atoms with van der Waals surface area (Å²) in [5, 5.41) is 0. The first-order valence-electron chi connectivity index (χ1n) is 12.1. The summed E-state index contributed by atoms with van der Waals surface area (Å²) in [6.07, 6.45) is 1.68. The van der Waals surface area contributed by atoms with Crippen LogP contribution in [-0.2, 0) is 34.4 Å². The molecule has 1 atom stereocenters. The molecule has 0 spiro atoms. The number of carbonyl (C=O) groups is 2. The number of amides is 1. The lowest BCUT2D eigenvalue weighted by Crippen LogP contribution is -2.46. The fourth-order valence-electron chi connectivity index (χ4n) is 4.73. The number of carbonyl (C=O) groups excluding carboxylic acids is 2. The number of aromatic amines is 1. The van der Waals surface area contributed by atoms with Gasteiger partial charge in [-0.15, -0.1) is 0 Å². The van der Waals surface area contributed by atoms with Gasteiger partial charge >= 0.3 is 5.69 Å². The first kappa shape index (κ1) is 26.1. The number of fused-ring (bicyclic) bond motifs is 1. The molecule has 1 N–H and O–H groups in total. The number of hydrogen-bond acceptors (Lipinski definition) is 5. The van der Waals surface area contributed by atoms with E-state index in [0.29, 0.717) is 28.9 Å². The van der Waals surface area contributed by atoms with Crippen LogP contribution >= 0.6 is 0 Å². The molecule has 8 nitrogen and oxygen atoms in total. The third kappa shape index (κ3) is 5.55. The largest absolute Gasteiger partial charge is 0.497 e. The summed E-state index contributed by atoms with van der Waals surface area (Å²) in [6, 6.07) is 10.4. The van der Waals surface area contributed by atoms with E-state index in [2.05, 4.69) is 4.98 Å². The first-order valence-corrected chi connectivity index (χ1v) is 12.1. The minimum Gasteiger partial charge on any atom is -0.497 e. The Morgan fingerprint density at radius 3 is 2.51 bits per heavy atom. The van der Waals surface area contributed by atoms with Gasteiger partial charge in [0.05, 0.1) is 7.11 Å². The van der Waals surface area contributed by atoms with Crippen molar-refractivity contribution >= 4 is 11.7 Å². The van der Waals surface area contributed by atoms with Crippen LogP contribution < -0.4 is 16.0 Å². The highest BCUT2D eigenvalue weighted by molar-refractivity contribution is 5.92. The smallest absolute Gasteiger partial charge is 0.328 e. The maximum absolute atomic E-state index is 14.8. The fraction of sp³-hybridized carbons (Fsp3) is 0.357. The number of aromatic nitrogens is 2. The molecule has 4 rings (SSSR count). The van der Waals surface area contributed by atoms with Crippen LogP contribution in [0.2, 0.25) is 0 Å². The Bertz CT molecular complexity index is 1470. The van der Waals surface area contributed by atoms with E-state index in [0.717, 1.165) is 16.2 Å². The minimum atomic E-state index is -0.911. The van der Waals surface area contributed by atoms with Crippen LogP contribution in [0.25, 0.3) is 0 Å². The lowest BCUT2D eigenvalue weighted by atomic mass is 9.85. The van der Waals surface area contributed by atoms with Crippen molar-refractivity contribution in [3.05, 3.63) is 97.6 Å². The predicted molar refractivity (Wildman–Crippen MR) is 136 cm³/mol. The van der Waals surface area contributed by atoms with E-state index in [-0.39, 0.29) is 36.5 Å². The van der Waals surface area contributed by atoms with Gasteiger partial charge in [0.1, 0.15) is 24.2 Å². The molecule has 0 bridgehead atoms. The molecule has 1 aliphatic rings. The summed E-state index contributed by atoms with van der Waals surface area (Å²) in [6.45, 7) is 5.67. The molecule has 9 heteroatoms. The third-order valence-electron chi connectivity index (χ3n) is 6.63. The molecule has 194 valence electrons. The second-order valence-electron chi connectivity index (χ2n) is 10.2. The monoisotopic (exact) mass is 507 g/mol. The maximum atomic E-state index is 14.8. The number of methoxy groups -OCH3 is 1. The second-order valence-corrected chi connectivity index (χ2v) is 10.2. The third-order valence-corrected chi connectivity index (χ3v) is 6.63. The minimum absolute atomic E-state index is 0.0696. The van der Waals surface area contributed by atoms with E-state index in [4.69, 9.17) is 4.74 Å². The number of nitrogens with zero attached hydrogens (tertiary/aromatic N) is 2. The average molecular weight is 508 g/mol. The number of hydrogen-bond donors (Lipinski definition) is 1. The number of halogens is 1. The Morgan fingerprint density at radius 1 is 1.11 bits per heavy atom. The molecule has 0 fully saturated rings. The zero-order chi connectivity index (χ0) is 26.9. The maximum Gasteiger partial charge on any atom is 0.328 e. The Labute approximate surface area is 213 Å². The second kappa shape index (κ2) is 10.2. The van der Waals surface area contributed by atoms with Crippen LogP contribution in [0.1, 0.15) is 49.1 Å². The Kier molecular flexibility index (Phi) is 7.16. The van der Waals surface area contributed by atoms with Crippen LogP contribution in [0, 0.1) is 5.82 Å². The topological polar surface area (TPSA) is 101 Å². The van der Waals surface area contributed by atoms with Gasteiger partial charge in [0.2, 0.25) is 5.91 Å². The SMILES string of the molecule is COc1ccc2c(c1)CCN(C(=O)Cn1ccc(=O)[nH]c1=O)[C@H]2C(=O)Cc1ccc(C(C)(C)C)c(F)c1. The van der Waals surface area contributed by atoms with Crippen LogP contribution in [0.3, 0.4) is 0 Å². The van der Waals surface area contributed by atoms with Crippen molar-refractivity contribution in [1.29, 1.82) is 0 Å². The molecule has 0 aliphatic carbocycles. The zero-order valence-electron chi connectivity index (χ0n) is 21.3. The molecule has 3 aromatic rings. The standard InChI is InChI=1S/C28H30FN3O5/c1-28(2,3)21-8-5-17(13-22(21)29)14-23(33)26-20-7-6-19(37-4)15-18(20)9-12-32(26)25(35)16-31-11-10-24(34)30-27(31)36/h5-8,10-11,13,15,26H,9,12,14,16H2,1-4H3,(H,30,34,36)/t26-/m1/s1. The van der Waals surface area contributed by atoms with Crippen molar-refractivity contribution in [2.75, 3.05) is 13.7 Å². The quantitative estimate of drug-likeness (QED) is 0.553. The van der Waals surface area contributed by atoms with E-state index in [1.165, 1.54) is 17.2 Å². The summed E-state index contributed by atoms with van der Waals surface area (Å²) in [5.74, 6) is -0.444. The zero-order valence-corrected chi connectivity index (χ0v) is 21.3. The normalized spacial score (nSPS) is 15.3. The molecule has 0 saturated heterocycles. The Balaban J connectivity index is 1.67. The highest BCUT2D eigenvalue weighted by Crippen LogP contribution is 2.34. The van der Waals surface area contributed by atoms with Crippen molar-refractivity contribution in [2.45, 2.75) is 51.6 Å². The fourth-order valence-corrected chi connectivity index (χ4v) is 4.73. The van der Waals surface area contributed by atoms with Gasteiger partial charge in [0, 0.05) is 25.2 Å². The number of nitrogens with one attached hydrogen (secondary N) is 1. The number of ether oxygens (including phenoxy) is 1. The van der Waals surface area contributed by atoms with Gasteiger partial charge in [0.25, 0.3) is 5.56 Å². The highest BCUT2D eigenvalue weighted by Gasteiger charge is 2.36. The van der Waals surface area contributed by atoms with Crippen LogP contribution in [0.5, 0.6) is 5.75 Å². The van der Waals surface area contributed by atoms with Gasteiger partial charge < -0.3 is 9.64 Å². The van der Waals surface area contributed by atoms with Crippen molar-refractivity contribution < 1.29 is 18.7 Å². The summed E-state index contributed by atoms with van der Waals surface area (Å²) >= 11 is 0. The van der Waals surface area contributed by atoms with Gasteiger partial charge in [-0.25, -0.2) is 9.18 Å². The number of ketones is 1. The van der Waals surface area contributed by atoms with Crippen molar-refractivity contribution in [1.82, 2.24) is 14.5 Å². The number of benzene rings is 2. The lowest BCUT2D eigenvalue weighted by molar-refractivity contribution is -0.140. The highest BCUT2D eigenvalue weighted by atomic mass is 19.1. The number of Topliss-reactive ketones (excluding diaryl/α,β-unsaturated/α-hetero) is 1. The molecule has 0 unspecified atom stereocenters. The predicted octanol–water partition coefficient (Wildman–Crippen LogP) is 2.92. The number of H-pyrrole nitrogens is 1. The molecule has 2 aromatic carbocycles. The Hall–Kier alpha value is -4.01. The number of rotatable bonds is 6. The van der Waals surface area contributed by atoms with Gasteiger partial charge in [-0.2, -0.15) is 0 Å². The molecule has 1 aliphatic heterocycles. The Morgan fingerprint density at radius 2 is 1.86 bits per heavy atom. The molecule has 1 amide bonds. The van der Waals surface area contributed by atoms with Gasteiger partial charge in [0.15, 0.2) is 5.78 Å². The van der Waals surface area contributed by atoms with Crippen molar-refractivity contribution in [3.8, 4) is 5.75 Å². The summed E-state index contributed by atoms with van der Waals surface area (Å²) in [4.78, 5) is 54.1.